The SMILES string of the molecule is c1ccc(-c2ccc3c4c2-c2ccccc2-c2cccc5ccc(c4c25)n3-c2cccc(N(c3ccccc3)c3ccccc3)c2)cc1.c1ccc(N(c2ccccc2)c2cccc(-n3c4cccc5c4c4c6c(cccc6c6ccccc6c43)-c3ccccc3-5)c2)cc1.c1ccc(N(c2ccccc2)c2cccc(-n3c4cccc5c6ccccc6n6c7c8ccccc8ccc7c7ccc3c(c54)c76)c2)cc1. The van der Waals surface area contributed by atoms with Crippen LogP contribution in [0.2, 0.25) is 0 Å². The summed E-state index contributed by atoms with van der Waals surface area (Å²) in [5, 5.41) is 23.3. The summed E-state index contributed by atoms with van der Waals surface area (Å²) in [6.45, 7) is 0. The molecule has 0 bridgehead atoms. The number of fused-ring (bicyclic) bond motifs is 17. The summed E-state index contributed by atoms with van der Waals surface area (Å²) in [6, 6.07) is 192. The maximum absolute atomic E-state index is 2.55. The second-order valence-corrected chi connectivity index (χ2v) is 37.6. The summed E-state index contributed by atoms with van der Waals surface area (Å²) >= 11 is 0. The average Bonchev–Trinajstić information content (AvgIpc) is 1.50. The van der Waals surface area contributed by atoms with E-state index in [1.807, 2.05) is 0 Å². The van der Waals surface area contributed by atoms with E-state index in [1.165, 1.54) is 202 Å². The van der Waals surface area contributed by atoms with Crippen LogP contribution in [0.1, 0.15) is 0 Å². The number of rotatable bonds is 13. The van der Waals surface area contributed by atoms with E-state index < -0.39 is 0 Å². The Morgan fingerprint density at radius 1 is 0.140 bits per heavy atom. The van der Waals surface area contributed by atoms with Crippen LogP contribution in [0.3, 0.4) is 0 Å². The van der Waals surface area contributed by atoms with Crippen LogP contribution in [0, 0.1) is 0 Å². The van der Waals surface area contributed by atoms with Crippen LogP contribution >= 0.6 is 0 Å². The fourth-order valence-electron chi connectivity index (χ4n) is 24.2. The van der Waals surface area contributed by atoms with Gasteiger partial charge in [0.15, 0.2) is 0 Å². The van der Waals surface area contributed by atoms with Crippen molar-refractivity contribution in [1.29, 1.82) is 0 Å². The molecule has 24 aromatic carbocycles. The molecule has 5 aromatic heterocycles. The Hall–Kier alpha value is -19.1. The van der Waals surface area contributed by atoms with Gasteiger partial charge in [0.2, 0.25) is 0 Å². The third kappa shape index (κ3) is 12.6. The fourth-order valence-corrected chi connectivity index (χ4v) is 24.2. The molecule has 7 heteroatoms. The van der Waals surface area contributed by atoms with Crippen molar-refractivity contribution < 1.29 is 0 Å². The van der Waals surface area contributed by atoms with Gasteiger partial charge in [-0.15, -0.1) is 0 Å². The van der Waals surface area contributed by atoms with Crippen molar-refractivity contribution in [2.24, 2.45) is 0 Å². The van der Waals surface area contributed by atoms with Gasteiger partial charge in [0.05, 0.1) is 49.7 Å². The Bertz CT molecular complexity index is 10100. The molecular formula is C136H87N7. The number of benzene rings is 24. The molecule has 0 saturated heterocycles. The van der Waals surface area contributed by atoms with Crippen molar-refractivity contribution in [3.8, 4) is 72.7 Å². The summed E-state index contributed by atoms with van der Waals surface area (Å²) in [7, 11) is 0. The van der Waals surface area contributed by atoms with Gasteiger partial charge >= 0.3 is 0 Å². The zero-order chi connectivity index (χ0) is 93.8. The van der Waals surface area contributed by atoms with E-state index in [-0.39, 0.29) is 0 Å². The Kier molecular flexibility index (Phi) is 18.6. The molecule has 31 rings (SSSR count). The van der Waals surface area contributed by atoms with E-state index in [0.29, 0.717) is 0 Å². The fraction of sp³-hybridized carbons (Fsp3) is 0. The molecule has 5 heterocycles. The summed E-state index contributed by atoms with van der Waals surface area (Å²) in [6.07, 6.45) is 0. The predicted molar refractivity (Wildman–Crippen MR) is 605 cm³/mol. The highest BCUT2D eigenvalue weighted by Crippen LogP contribution is 2.57. The van der Waals surface area contributed by atoms with Crippen LogP contribution in [-0.2, 0) is 0 Å². The van der Waals surface area contributed by atoms with Gasteiger partial charge in [0.1, 0.15) is 0 Å². The lowest BCUT2D eigenvalue weighted by Gasteiger charge is -2.26. The summed E-state index contributed by atoms with van der Waals surface area (Å²) in [4.78, 5) is 7.01. The zero-order valence-electron chi connectivity index (χ0n) is 77.9. The van der Waals surface area contributed by atoms with Crippen LogP contribution < -0.4 is 14.7 Å². The van der Waals surface area contributed by atoms with Gasteiger partial charge in [-0.1, -0.05) is 364 Å². The first-order chi connectivity index (χ1) is 71.1. The maximum Gasteiger partial charge on any atom is 0.0642 e. The average molecular weight is 1820 g/mol. The highest BCUT2D eigenvalue weighted by Gasteiger charge is 2.33. The van der Waals surface area contributed by atoms with Crippen molar-refractivity contribution in [3.63, 3.8) is 0 Å². The molecular weight excluding hydrogens is 1730 g/mol. The van der Waals surface area contributed by atoms with E-state index in [0.717, 1.165) is 68.2 Å². The summed E-state index contributed by atoms with van der Waals surface area (Å²) in [5.41, 5.74) is 37.4. The van der Waals surface area contributed by atoms with E-state index in [4.69, 9.17) is 0 Å². The first kappa shape index (κ1) is 81.1. The molecule has 0 radical (unpaired) electrons. The monoisotopic (exact) mass is 1820 g/mol. The Balaban J connectivity index is 0.000000102. The van der Waals surface area contributed by atoms with Gasteiger partial charge in [-0.3, -0.25) is 0 Å². The highest BCUT2D eigenvalue weighted by molar-refractivity contribution is 6.39. The number of anilines is 9. The van der Waals surface area contributed by atoms with Gasteiger partial charge in [-0.05, 0) is 246 Å². The lowest BCUT2D eigenvalue weighted by molar-refractivity contribution is 1.17. The first-order valence-corrected chi connectivity index (χ1v) is 49.3. The minimum atomic E-state index is 1.11. The molecule has 0 aliphatic heterocycles. The smallest absolute Gasteiger partial charge is 0.0642 e. The van der Waals surface area contributed by atoms with E-state index >= 15 is 0 Å². The first-order valence-electron chi connectivity index (χ1n) is 49.3. The number of aromatic nitrogens is 4. The molecule has 143 heavy (non-hydrogen) atoms. The minimum Gasteiger partial charge on any atom is -0.310 e. The van der Waals surface area contributed by atoms with Crippen LogP contribution in [0.25, 0.3) is 219 Å². The molecule has 2 aliphatic carbocycles. The minimum absolute atomic E-state index is 1.11. The summed E-state index contributed by atoms with van der Waals surface area (Å²) in [5.74, 6) is 0. The van der Waals surface area contributed by atoms with Crippen molar-refractivity contribution in [3.05, 3.63) is 528 Å². The quantitative estimate of drug-likeness (QED) is 0.108. The molecule has 0 saturated carbocycles. The van der Waals surface area contributed by atoms with Crippen molar-refractivity contribution in [2.75, 3.05) is 14.7 Å². The highest BCUT2D eigenvalue weighted by atomic mass is 15.2. The number of hydrogen-bond donors (Lipinski definition) is 0. The van der Waals surface area contributed by atoms with Crippen LogP contribution in [-0.4, -0.2) is 18.1 Å². The van der Waals surface area contributed by atoms with Gasteiger partial charge in [0, 0.05) is 138 Å². The Labute approximate surface area is 825 Å². The van der Waals surface area contributed by atoms with E-state index in [1.54, 1.807) is 0 Å². The molecule has 0 atom stereocenters. The Morgan fingerprint density at radius 2 is 0.476 bits per heavy atom. The van der Waals surface area contributed by atoms with Crippen molar-refractivity contribution >= 4 is 198 Å². The molecule has 29 aromatic rings. The van der Waals surface area contributed by atoms with Gasteiger partial charge in [-0.25, -0.2) is 0 Å². The Morgan fingerprint density at radius 3 is 1.04 bits per heavy atom. The molecule has 7 nitrogen and oxygen atoms in total. The maximum atomic E-state index is 2.55. The van der Waals surface area contributed by atoms with E-state index in [9.17, 15) is 0 Å². The van der Waals surface area contributed by atoms with Gasteiger partial charge < -0.3 is 32.8 Å². The van der Waals surface area contributed by atoms with Crippen LogP contribution in [0.5, 0.6) is 0 Å². The predicted octanol–water partition coefficient (Wildman–Crippen LogP) is 37.5. The molecule has 2 aliphatic rings. The molecule has 0 spiro atoms. The molecule has 0 fully saturated rings. The topological polar surface area (TPSA) is 28.9 Å². The van der Waals surface area contributed by atoms with Crippen LogP contribution in [0.15, 0.2) is 528 Å². The molecule has 0 unspecified atom stereocenters. The van der Waals surface area contributed by atoms with Gasteiger partial charge in [-0.2, -0.15) is 0 Å². The second-order valence-electron chi connectivity index (χ2n) is 37.6. The van der Waals surface area contributed by atoms with Crippen molar-refractivity contribution in [1.82, 2.24) is 18.1 Å². The van der Waals surface area contributed by atoms with Crippen LogP contribution in [0.4, 0.5) is 51.2 Å². The number of nitrogens with zero attached hydrogens (tertiary/aromatic N) is 7. The zero-order valence-corrected chi connectivity index (χ0v) is 77.9. The lowest BCUT2D eigenvalue weighted by Crippen LogP contribution is -2.10. The van der Waals surface area contributed by atoms with E-state index in [2.05, 4.69) is 561 Å². The molecule has 0 amide bonds. The third-order valence-electron chi connectivity index (χ3n) is 29.9. The normalized spacial score (nSPS) is 11.9. The largest absolute Gasteiger partial charge is 0.310 e. The van der Waals surface area contributed by atoms with Crippen molar-refractivity contribution in [2.45, 2.75) is 0 Å². The number of para-hydroxylation sites is 7. The lowest BCUT2D eigenvalue weighted by atomic mass is 9.88. The summed E-state index contributed by atoms with van der Waals surface area (Å²) < 4.78 is 10.0. The number of hydrogen-bond acceptors (Lipinski definition) is 3. The van der Waals surface area contributed by atoms with Gasteiger partial charge in [0.25, 0.3) is 0 Å². The standard InChI is InChI=1S/C46H29N3.C46H30N2.C44H28N2/c1-3-14-31(15-4-1)47(32-16-5-2-6-17-32)33-18-11-19-34(29-33)48-41-24-12-22-37-36-21-9-10-23-40(36)49-45-35-20-8-7-13-30(35)25-26-38(45)39-27-28-42(48)44(43(37)41)46(39)49;1-4-14-31(15-5-1)37-27-29-42-46-44(37)40-24-11-10-23-38(40)39-25-12-16-32-26-28-41(45(46)43(32)39)48(42)36-22-13-21-35(30-36)47(33-17-6-2-7-18-33)34-19-8-3-9-20-34;1-3-14-29(15-4-1)45(30-16-5-2-6-17-30)31-18-11-19-32(28-31)46-40-27-13-26-38-34-21-8-7-20-33(34)36-24-12-25-37-35-22-9-10-23-39(35)44(46)43(41(36)37)42(38)40/h1-29H;1-30H;1-28H. The molecule has 0 N–H and O–H groups in total. The second kappa shape index (κ2) is 32.8. The third-order valence-corrected chi connectivity index (χ3v) is 29.9. The molecule has 666 valence electrons.